The van der Waals surface area contributed by atoms with Crippen molar-refractivity contribution < 1.29 is 14.4 Å². The van der Waals surface area contributed by atoms with Crippen molar-refractivity contribution in [2.75, 3.05) is 33.2 Å². The SMILES string of the molecule is CNC(=O)C1CN(Cc2ccccc2)CCN1C(=O)CNC(C)=O. The Bertz CT molecular complexity index is 591. The maximum absolute atomic E-state index is 12.3. The second-order valence-electron chi connectivity index (χ2n) is 5.85. The number of likely N-dealkylation sites (N-methyl/N-ethyl adjacent to an activating group) is 1. The minimum atomic E-state index is -0.547. The Balaban J connectivity index is 2.02. The third-order valence-electron chi connectivity index (χ3n) is 4.07. The van der Waals surface area contributed by atoms with Crippen LogP contribution in [-0.2, 0) is 20.9 Å². The van der Waals surface area contributed by atoms with E-state index in [0.717, 1.165) is 6.54 Å². The Morgan fingerprint density at radius 1 is 1.17 bits per heavy atom. The second kappa shape index (κ2) is 8.44. The minimum absolute atomic E-state index is 0.0818. The lowest BCUT2D eigenvalue weighted by Crippen LogP contribution is -2.61. The second-order valence-corrected chi connectivity index (χ2v) is 5.85. The molecular weight excluding hydrogens is 308 g/mol. The molecule has 1 saturated heterocycles. The van der Waals surface area contributed by atoms with Crippen molar-refractivity contribution in [3.05, 3.63) is 35.9 Å². The fourth-order valence-corrected chi connectivity index (χ4v) is 2.82. The van der Waals surface area contributed by atoms with Gasteiger partial charge in [-0.15, -0.1) is 0 Å². The molecule has 24 heavy (non-hydrogen) atoms. The molecule has 0 bridgehead atoms. The highest BCUT2D eigenvalue weighted by Gasteiger charge is 2.34. The predicted molar refractivity (Wildman–Crippen MR) is 90.0 cm³/mol. The molecule has 3 amide bonds. The Morgan fingerprint density at radius 3 is 2.50 bits per heavy atom. The zero-order valence-electron chi connectivity index (χ0n) is 14.1. The summed E-state index contributed by atoms with van der Waals surface area (Å²) in [7, 11) is 1.56. The van der Waals surface area contributed by atoms with Gasteiger partial charge in [-0.05, 0) is 5.56 Å². The van der Waals surface area contributed by atoms with Crippen LogP contribution in [0.2, 0.25) is 0 Å². The number of hydrogen-bond donors (Lipinski definition) is 2. The van der Waals surface area contributed by atoms with Crippen LogP contribution >= 0.6 is 0 Å². The van der Waals surface area contributed by atoms with Gasteiger partial charge in [0.25, 0.3) is 0 Å². The third kappa shape index (κ3) is 4.79. The van der Waals surface area contributed by atoms with Gasteiger partial charge in [0.2, 0.25) is 17.7 Å². The fraction of sp³-hybridized carbons (Fsp3) is 0.471. The maximum atomic E-state index is 12.3. The smallest absolute Gasteiger partial charge is 0.243 e. The summed E-state index contributed by atoms with van der Waals surface area (Å²) in [6.45, 7) is 3.64. The molecule has 7 heteroatoms. The summed E-state index contributed by atoms with van der Waals surface area (Å²) in [6.07, 6.45) is 0. The van der Waals surface area contributed by atoms with E-state index in [2.05, 4.69) is 15.5 Å². The van der Waals surface area contributed by atoms with Crippen LogP contribution in [0.5, 0.6) is 0 Å². The van der Waals surface area contributed by atoms with Crippen LogP contribution in [0.1, 0.15) is 12.5 Å². The highest BCUT2D eigenvalue weighted by Crippen LogP contribution is 2.14. The lowest BCUT2D eigenvalue weighted by Gasteiger charge is -2.40. The van der Waals surface area contributed by atoms with Gasteiger partial charge in [0.05, 0.1) is 6.54 Å². The lowest BCUT2D eigenvalue weighted by atomic mass is 10.1. The number of carbonyl (C=O) groups excluding carboxylic acids is 3. The molecule has 1 atom stereocenters. The van der Waals surface area contributed by atoms with E-state index in [4.69, 9.17) is 0 Å². The van der Waals surface area contributed by atoms with Crippen LogP contribution in [0, 0.1) is 0 Å². The van der Waals surface area contributed by atoms with Gasteiger partial charge in [0.15, 0.2) is 0 Å². The summed E-state index contributed by atoms with van der Waals surface area (Å²) in [5.74, 6) is -0.690. The predicted octanol–water partition coefficient (Wildman–Crippen LogP) is -0.418. The Labute approximate surface area is 142 Å². The van der Waals surface area contributed by atoms with E-state index in [0.29, 0.717) is 19.6 Å². The van der Waals surface area contributed by atoms with Crippen molar-refractivity contribution in [1.29, 1.82) is 0 Å². The molecule has 0 aliphatic carbocycles. The van der Waals surface area contributed by atoms with E-state index < -0.39 is 6.04 Å². The van der Waals surface area contributed by atoms with Gasteiger partial charge in [-0.25, -0.2) is 0 Å². The van der Waals surface area contributed by atoms with Crippen LogP contribution in [0.3, 0.4) is 0 Å². The molecule has 1 aliphatic heterocycles. The van der Waals surface area contributed by atoms with Crippen LogP contribution in [0.15, 0.2) is 30.3 Å². The molecule has 0 spiro atoms. The normalized spacial score (nSPS) is 18.1. The van der Waals surface area contributed by atoms with Gasteiger partial charge in [0.1, 0.15) is 6.04 Å². The molecule has 1 unspecified atom stereocenters. The number of nitrogens with zero attached hydrogens (tertiary/aromatic N) is 2. The van der Waals surface area contributed by atoms with Gasteiger partial charge in [-0.1, -0.05) is 30.3 Å². The Morgan fingerprint density at radius 2 is 1.88 bits per heavy atom. The van der Waals surface area contributed by atoms with E-state index in [1.54, 1.807) is 11.9 Å². The molecule has 0 radical (unpaired) electrons. The first kappa shape index (κ1) is 17.9. The van der Waals surface area contributed by atoms with Gasteiger partial charge in [-0.3, -0.25) is 19.3 Å². The van der Waals surface area contributed by atoms with Crippen molar-refractivity contribution in [3.63, 3.8) is 0 Å². The van der Waals surface area contributed by atoms with Gasteiger partial charge >= 0.3 is 0 Å². The van der Waals surface area contributed by atoms with E-state index in [-0.39, 0.29) is 24.3 Å². The summed E-state index contributed by atoms with van der Waals surface area (Å²) in [5.41, 5.74) is 1.17. The number of rotatable bonds is 5. The molecule has 2 rings (SSSR count). The molecular formula is C17H24N4O3. The average Bonchev–Trinajstić information content (AvgIpc) is 2.59. The Hall–Kier alpha value is -2.41. The standard InChI is InChI=1S/C17H24N4O3/c1-13(22)19-10-16(23)21-9-8-20(12-15(21)17(24)18-2)11-14-6-4-3-5-7-14/h3-7,15H,8-12H2,1-2H3,(H,18,24)(H,19,22). The molecule has 0 aromatic heterocycles. The molecule has 1 aliphatic rings. The summed E-state index contributed by atoms with van der Waals surface area (Å²) in [4.78, 5) is 39.2. The largest absolute Gasteiger partial charge is 0.357 e. The number of amides is 3. The van der Waals surface area contributed by atoms with Gasteiger partial charge in [-0.2, -0.15) is 0 Å². The Kier molecular flexibility index (Phi) is 6.31. The highest BCUT2D eigenvalue weighted by atomic mass is 16.2. The van der Waals surface area contributed by atoms with Gasteiger partial charge in [0, 0.05) is 40.2 Å². The quantitative estimate of drug-likeness (QED) is 0.767. The van der Waals surface area contributed by atoms with Gasteiger partial charge < -0.3 is 15.5 Å². The lowest BCUT2D eigenvalue weighted by molar-refractivity contribution is -0.143. The molecule has 1 aromatic carbocycles. The molecule has 1 fully saturated rings. The molecule has 2 N–H and O–H groups in total. The van der Waals surface area contributed by atoms with E-state index in [1.165, 1.54) is 12.5 Å². The molecule has 1 heterocycles. The van der Waals surface area contributed by atoms with Crippen molar-refractivity contribution in [2.24, 2.45) is 0 Å². The first-order valence-corrected chi connectivity index (χ1v) is 8.03. The third-order valence-corrected chi connectivity index (χ3v) is 4.07. The molecule has 1 aromatic rings. The number of benzene rings is 1. The first-order valence-electron chi connectivity index (χ1n) is 8.03. The molecule has 0 saturated carbocycles. The summed E-state index contributed by atoms with van der Waals surface area (Å²) in [5, 5.41) is 5.12. The number of hydrogen-bond acceptors (Lipinski definition) is 4. The topological polar surface area (TPSA) is 81.8 Å². The monoisotopic (exact) mass is 332 g/mol. The first-order chi connectivity index (χ1) is 11.5. The van der Waals surface area contributed by atoms with Crippen molar-refractivity contribution in [1.82, 2.24) is 20.4 Å². The maximum Gasteiger partial charge on any atom is 0.243 e. The van der Waals surface area contributed by atoms with E-state index in [1.807, 2.05) is 30.3 Å². The summed E-state index contributed by atoms with van der Waals surface area (Å²) >= 11 is 0. The van der Waals surface area contributed by atoms with E-state index >= 15 is 0 Å². The van der Waals surface area contributed by atoms with Crippen LogP contribution in [0.25, 0.3) is 0 Å². The average molecular weight is 332 g/mol. The fourth-order valence-electron chi connectivity index (χ4n) is 2.82. The summed E-state index contributed by atoms with van der Waals surface area (Å²) in [6, 6.07) is 9.48. The molecule has 7 nitrogen and oxygen atoms in total. The number of carbonyl (C=O) groups is 3. The van der Waals surface area contributed by atoms with Crippen LogP contribution < -0.4 is 10.6 Å². The van der Waals surface area contributed by atoms with Crippen LogP contribution in [-0.4, -0.2) is 66.8 Å². The molecule has 130 valence electrons. The number of nitrogens with one attached hydrogen (secondary N) is 2. The number of piperazine rings is 1. The minimum Gasteiger partial charge on any atom is -0.357 e. The van der Waals surface area contributed by atoms with E-state index in [9.17, 15) is 14.4 Å². The van der Waals surface area contributed by atoms with Crippen molar-refractivity contribution >= 4 is 17.7 Å². The zero-order chi connectivity index (χ0) is 17.5. The zero-order valence-corrected chi connectivity index (χ0v) is 14.1. The van der Waals surface area contributed by atoms with Crippen molar-refractivity contribution in [2.45, 2.75) is 19.5 Å². The summed E-state index contributed by atoms with van der Waals surface area (Å²) < 4.78 is 0. The highest BCUT2D eigenvalue weighted by molar-refractivity contribution is 5.90. The van der Waals surface area contributed by atoms with Crippen LogP contribution in [0.4, 0.5) is 0 Å². The van der Waals surface area contributed by atoms with Crippen molar-refractivity contribution in [3.8, 4) is 0 Å².